The van der Waals surface area contributed by atoms with Crippen LogP contribution < -0.4 is 4.90 Å². The van der Waals surface area contributed by atoms with Crippen molar-refractivity contribution in [1.82, 2.24) is 15.0 Å². The molecule has 1 aliphatic rings. The summed E-state index contributed by atoms with van der Waals surface area (Å²) in [6, 6.07) is 15.9. The number of carbonyl (C=O) groups excluding carboxylic acids is 1. The summed E-state index contributed by atoms with van der Waals surface area (Å²) in [5.74, 6) is -0.112. The van der Waals surface area contributed by atoms with Crippen LogP contribution in [0.3, 0.4) is 0 Å². The van der Waals surface area contributed by atoms with Crippen LogP contribution in [0.2, 0.25) is 0 Å². The molecule has 25 heavy (non-hydrogen) atoms. The van der Waals surface area contributed by atoms with Crippen molar-refractivity contribution in [3.05, 3.63) is 66.0 Å². The highest BCUT2D eigenvalue weighted by Gasteiger charge is 2.29. The van der Waals surface area contributed by atoms with Crippen molar-refractivity contribution < 1.29 is 4.79 Å². The molecule has 0 saturated heterocycles. The predicted molar refractivity (Wildman–Crippen MR) is 99.5 cm³/mol. The van der Waals surface area contributed by atoms with Gasteiger partial charge in [-0.3, -0.25) is 4.79 Å². The van der Waals surface area contributed by atoms with Gasteiger partial charge in [-0.25, -0.2) is 4.68 Å². The molecule has 0 aliphatic carbocycles. The van der Waals surface area contributed by atoms with Crippen molar-refractivity contribution in [3.8, 4) is 5.69 Å². The van der Waals surface area contributed by atoms with Crippen LogP contribution in [0.4, 0.5) is 5.69 Å². The molecule has 1 unspecified atom stereocenters. The van der Waals surface area contributed by atoms with Gasteiger partial charge >= 0.3 is 0 Å². The topological polar surface area (TPSA) is 51.0 Å². The zero-order chi connectivity index (χ0) is 17.4. The Balaban J connectivity index is 1.66. The van der Waals surface area contributed by atoms with Crippen LogP contribution in [0.15, 0.2) is 59.6 Å². The van der Waals surface area contributed by atoms with Crippen LogP contribution in [-0.4, -0.2) is 32.7 Å². The lowest BCUT2D eigenvalue weighted by Crippen LogP contribution is -2.38. The second kappa shape index (κ2) is 6.37. The fourth-order valence-electron chi connectivity index (χ4n) is 2.98. The minimum Gasteiger partial charge on any atom is -0.305 e. The third-order valence-corrected chi connectivity index (χ3v) is 5.30. The summed E-state index contributed by atoms with van der Waals surface area (Å²) in [7, 11) is 0. The first kappa shape index (κ1) is 15.9. The van der Waals surface area contributed by atoms with E-state index in [1.54, 1.807) is 27.5 Å². The van der Waals surface area contributed by atoms with Crippen LogP contribution in [0.1, 0.15) is 23.0 Å². The van der Waals surface area contributed by atoms with Gasteiger partial charge in [-0.1, -0.05) is 36.4 Å². The van der Waals surface area contributed by atoms with Gasteiger partial charge in [0.25, 0.3) is 5.91 Å². The Morgan fingerprint density at radius 3 is 2.88 bits per heavy atom. The number of aryl methyl sites for hydroxylation is 1. The largest absolute Gasteiger partial charge is 0.305 e. The second-order valence-electron chi connectivity index (χ2n) is 6.20. The molecule has 5 nitrogen and oxygen atoms in total. The maximum Gasteiger partial charge on any atom is 0.280 e. The van der Waals surface area contributed by atoms with E-state index in [0.29, 0.717) is 17.5 Å². The highest BCUT2D eigenvalue weighted by Crippen LogP contribution is 2.38. The number of rotatable bonds is 2. The predicted octanol–water partition coefficient (Wildman–Crippen LogP) is 3.72. The molecular formula is C19H18N4OS. The fraction of sp³-hybridized carbons (Fsp3) is 0.211. The van der Waals surface area contributed by atoms with Gasteiger partial charge in [0.2, 0.25) is 0 Å². The zero-order valence-corrected chi connectivity index (χ0v) is 14.9. The van der Waals surface area contributed by atoms with Crippen molar-refractivity contribution in [2.75, 3.05) is 11.4 Å². The lowest BCUT2D eigenvalue weighted by atomic mass is 10.2. The summed E-state index contributed by atoms with van der Waals surface area (Å²) in [6.45, 7) is 4.82. The third kappa shape index (κ3) is 3.05. The lowest BCUT2D eigenvalue weighted by molar-refractivity contribution is 0.0981. The first-order valence-corrected chi connectivity index (χ1v) is 9.07. The van der Waals surface area contributed by atoms with Crippen molar-refractivity contribution in [2.24, 2.45) is 0 Å². The molecule has 0 radical (unpaired) electrons. The van der Waals surface area contributed by atoms with Gasteiger partial charge < -0.3 is 4.90 Å². The number of carbonyl (C=O) groups is 1. The van der Waals surface area contributed by atoms with Gasteiger partial charge in [0.05, 0.1) is 17.6 Å². The molecule has 4 rings (SSSR count). The summed E-state index contributed by atoms with van der Waals surface area (Å²) in [5.41, 5.74) is 3.34. The maximum atomic E-state index is 13.0. The Labute approximate surface area is 150 Å². The summed E-state index contributed by atoms with van der Waals surface area (Å²) >= 11 is 1.80. The smallest absolute Gasteiger partial charge is 0.280 e. The number of hydrogen-bond acceptors (Lipinski definition) is 4. The number of anilines is 1. The standard InChI is InChI=1S/C19H18N4OS/c1-13-6-5-7-15(10-13)23-12-16(20-21-23)19(24)22-11-14(2)25-18-9-4-3-8-17(18)22/h3-10,12,14H,11H2,1-2H3. The quantitative estimate of drug-likeness (QED) is 0.707. The molecular weight excluding hydrogens is 332 g/mol. The Morgan fingerprint density at radius 1 is 1.20 bits per heavy atom. The molecule has 3 aromatic rings. The summed E-state index contributed by atoms with van der Waals surface area (Å²) in [6.07, 6.45) is 1.70. The molecule has 0 saturated carbocycles. The molecule has 0 spiro atoms. The summed E-state index contributed by atoms with van der Waals surface area (Å²) < 4.78 is 1.65. The van der Waals surface area contributed by atoms with Crippen LogP contribution in [0, 0.1) is 6.92 Å². The Morgan fingerprint density at radius 2 is 2.04 bits per heavy atom. The number of aromatic nitrogens is 3. The molecule has 0 bridgehead atoms. The summed E-state index contributed by atoms with van der Waals surface area (Å²) in [5, 5.41) is 8.58. The molecule has 1 aromatic heterocycles. The highest BCUT2D eigenvalue weighted by atomic mass is 32.2. The van der Waals surface area contributed by atoms with Gasteiger partial charge in [0.1, 0.15) is 0 Å². The monoisotopic (exact) mass is 350 g/mol. The Hall–Kier alpha value is -2.60. The SMILES string of the molecule is Cc1cccc(-n2cc(C(=O)N3CC(C)Sc4ccccc43)nn2)c1. The van der Waals surface area contributed by atoms with Gasteiger partial charge in [-0.15, -0.1) is 16.9 Å². The van der Waals surface area contributed by atoms with Crippen molar-refractivity contribution in [2.45, 2.75) is 24.0 Å². The first-order valence-electron chi connectivity index (χ1n) is 8.19. The van der Waals surface area contributed by atoms with Crippen molar-refractivity contribution >= 4 is 23.4 Å². The zero-order valence-electron chi connectivity index (χ0n) is 14.1. The molecule has 2 heterocycles. The van der Waals surface area contributed by atoms with Crippen molar-refractivity contribution in [3.63, 3.8) is 0 Å². The van der Waals surface area contributed by atoms with E-state index in [2.05, 4.69) is 23.3 Å². The highest BCUT2D eigenvalue weighted by molar-refractivity contribution is 8.00. The molecule has 1 amide bonds. The maximum absolute atomic E-state index is 13.0. The number of para-hydroxylation sites is 1. The van der Waals surface area contributed by atoms with Gasteiger partial charge in [0.15, 0.2) is 5.69 Å². The lowest BCUT2D eigenvalue weighted by Gasteiger charge is -2.32. The number of hydrogen-bond donors (Lipinski definition) is 0. The van der Waals surface area contributed by atoms with Gasteiger partial charge in [-0.05, 0) is 36.8 Å². The minimum atomic E-state index is -0.112. The van der Waals surface area contributed by atoms with E-state index in [1.165, 1.54) is 0 Å². The molecule has 1 aliphatic heterocycles. The molecule has 0 N–H and O–H groups in total. The van der Waals surface area contributed by atoms with Crippen LogP contribution in [0.5, 0.6) is 0 Å². The van der Waals surface area contributed by atoms with Gasteiger partial charge in [-0.2, -0.15) is 0 Å². The van der Waals surface area contributed by atoms with E-state index < -0.39 is 0 Å². The number of thioether (sulfide) groups is 1. The normalized spacial score (nSPS) is 16.6. The number of benzene rings is 2. The Kier molecular flexibility index (Phi) is 4.05. The van der Waals surface area contributed by atoms with Crippen LogP contribution in [-0.2, 0) is 0 Å². The fourth-order valence-corrected chi connectivity index (χ4v) is 4.09. The second-order valence-corrected chi connectivity index (χ2v) is 7.68. The Bertz CT molecular complexity index is 936. The minimum absolute atomic E-state index is 0.112. The van der Waals surface area contributed by atoms with Gasteiger partial charge in [0, 0.05) is 16.7 Å². The molecule has 0 fully saturated rings. The van der Waals surface area contributed by atoms with Crippen LogP contribution >= 0.6 is 11.8 Å². The van der Waals surface area contributed by atoms with Crippen molar-refractivity contribution in [1.29, 1.82) is 0 Å². The van der Waals surface area contributed by atoms with E-state index in [4.69, 9.17) is 0 Å². The summed E-state index contributed by atoms with van der Waals surface area (Å²) in [4.78, 5) is 16.0. The van der Waals surface area contributed by atoms with Crippen LogP contribution in [0.25, 0.3) is 5.69 Å². The molecule has 1 atom stereocenters. The van der Waals surface area contributed by atoms with E-state index in [1.807, 2.05) is 49.4 Å². The third-order valence-electron chi connectivity index (χ3n) is 4.15. The molecule has 6 heteroatoms. The van der Waals surface area contributed by atoms with E-state index in [-0.39, 0.29) is 5.91 Å². The van der Waals surface area contributed by atoms with E-state index in [0.717, 1.165) is 21.8 Å². The van der Waals surface area contributed by atoms with E-state index >= 15 is 0 Å². The molecule has 126 valence electrons. The number of amides is 1. The van der Waals surface area contributed by atoms with E-state index in [9.17, 15) is 4.79 Å². The number of fused-ring (bicyclic) bond motifs is 1. The molecule has 2 aromatic carbocycles. The average Bonchev–Trinajstić information content (AvgIpc) is 3.10. The number of nitrogens with zero attached hydrogens (tertiary/aromatic N) is 4. The average molecular weight is 350 g/mol. The first-order chi connectivity index (χ1) is 12.1.